The molecule has 0 atom stereocenters. The third-order valence-corrected chi connectivity index (χ3v) is 3.88. The highest BCUT2D eigenvalue weighted by atomic mass is 16.5. The standard InChI is InChI=1S/C17H25N3O3/c1-4-23-17(22)14-6-5-9-18-15(14)20-10-7-13(8-11-20)16(21)19-12(2)3/h5-6,9,12-13H,4,7-8,10-11H2,1-3H3,(H,19,21). The van der Waals surface area contributed by atoms with Crippen LogP contribution in [0.25, 0.3) is 0 Å². The van der Waals surface area contributed by atoms with Gasteiger partial charge in [0, 0.05) is 31.2 Å². The largest absolute Gasteiger partial charge is 0.462 e. The molecular weight excluding hydrogens is 294 g/mol. The molecule has 1 amide bonds. The van der Waals surface area contributed by atoms with Gasteiger partial charge in [0.15, 0.2) is 0 Å². The summed E-state index contributed by atoms with van der Waals surface area (Å²) in [4.78, 5) is 30.6. The van der Waals surface area contributed by atoms with Gasteiger partial charge in [-0.15, -0.1) is 0 Å². The molecule has 1 aromatic rings. The van der Waals surface area contributed by atoms with Crippen LogP contribution in [0.3, 0.4) is 0 Å². The Labute approximate surface area is 137 Å². The van der Waals surface area contributed by atoms with Crippen LogP contribution in [0.4, 0.5) is 5.82 Å². The van der Waals surface area contributed by atoms with E-state index in [1.165, 1.54) is 0 Å². The zero-order valence-corrected chi connectivity index (χ0v) is 14.0. The molecule has 2 heterocycles. The molecule has 6 heteroatoms. The van der Waals surface area contributed by atoms with E-state index in [0.29, 0.717) is 31.1 Å². The number of hydrogen-bond donors (Lipinski definition) is 1. The predicted molar refractivity (Wildman–Crippen MR) is 88.4 cm³/mol. The summed E-state index contributed by atoms with van der Waals surface area (Å²) < 4.78 is 5.09. The maximum absolute atomic E-state index is 12.1. The van der Waals surface area contributed by atoms with Gasteiger partial charge in [-0.05, 0) is 45.7 Å². The predicted octanol–water partition coefficient (Wildman–Crippen LogP) is 2.00. The van der Waals surface area contributed by atoms with E-state index in [2.05, 4.69) is 15.2 Å². The number of esters is 1. The summed E-state index contributed by atoms with van der Waals surface area (Å²) in [6, 6.07) is 3.63. The van der Waals surface area contributed by atoms with Gasteiger partial charge in [0.2, 0.25) is 5.91 Å². The lowest BCUT2D eigenvalue weighted by Gasteiger charge is -2.33. The molecule has 0 aliphatic carbocycles. The van der Waals surface area contributed by atoms with Crippen molar-refractivity contribution in [3.05, 3.63) is 23.9 Å². The first-order chi connectivity index (χ1) is 11.0. The topological polar surface area (TPSA) is 71.5 Å². The number of carbonyl (C=O) groups excluding carboxylic acids is 2. The molecular formula is C17H25N3O3. The van der Waals surface area contributed by atoms with Crippen LogP contribution in [0, 0.1) is 5.92 Å². The molecule has 1 aliphatic rings. The minimum Gasteiger partial charge on any atom is -0.462 e. The van der Waals surface area contributed by atoms with E-state index in [0.717, 1.165) is 12.8 Å². The van der Waals surface area contributed by atoms with E-state index < -0.39 is 0 Å². The van der Waals surface area contributed by atoms with Crippen molar-refractivity contribution in [2.45, 2.75) is 39.7 Å². The van der Waals surface area contributed by atoms with E-state index in [1.807, 2.05) is 13.8 Å². The fraction of sp³-hybridized carbons (Fsp3) is 0.588. The minimum atomic E-state index is -0.352. The summed E-state index contributed by atoms with van der Waals surface area (Å²) >= 11 is 0. The maximum atomic E-state index is 12.1. The van der Waals surface area contributed by atoms with Gasteiger partial charge in [-0.1, -0.05) is 0 Å². The van der Waals surface area contributed by atoms with Gasteiger partial charge in [0.05, 0.1) is 6.61 Å². The van der Waals surface area contributed by atoms with Gasteiger partial charge in [-0.3, -0.25) is 4.79 Å². The van der Waals surface area contributed by atoms with E-state index in [-0.39, 0.29) is 23.8 Å². The number of nitrogens with zero attached hydrogens (tertiary/aromatic N) is 2. The fourth-order valence-electron chi connectivity index (χ4n) is 2.77. The van der Waals surface area contributed by atoms with Crippen LogP contribution in [0.5, 0.6) is 0 Å². The Morgan fingerprint density at radius 1 is 1.39 bits per heavy atom. The average molecular weight is 319 g/mol. The lowest BCUT2D eigenvalue weighted by molar-refractivity contribution is -0.126. The maximum Gasteiger partial charge on any atom is 0.341 e. The Kier molecular flexibility index (Phi) is 5.96. The molecule has 1 N–H and O–H groups in total. The Balaban J connectivity index is 2.03. The van der Waals surface area contributed by atoms with Gasteiger partial charge < -0.3 is 15.0 Å². The van der Waals surface area contributed by atoms with Crippen molar-refractivity contribution in [2.75, 3.05) is 24.6 Å². The Morgan fingerprint density at radius 2 is 2.09 bits per heavy atom. The zero-order valence-electron chi connectivity index (χ0n) is 14.0. The Morgan fingerprint density at radius 3 is 2.70 bits per heavy atom. The van der Waals surface area contributed by atoms with Crippen LogP contribution < -0.4 is 10.2 Å². The van der Waals surface area contributed by atoms with E-state index in [1.54, 1.807) is 25.3 Å². The molecule has 0 bridgehead atoms. The van der Waals surface area contributed by atoms with Crippen molar-refractivity contribution in [3.63, 3.8) is 0 Å². The van der Waals surface area contributed by atoms with Crippen molar-refractivity contribution in [3.8, 4) is 0 Å². The monoisotopic (exact) mass is 319 g/mol. The third kappa shape index (κ3) is 4.43. The molecule has 0 radical (unpaired) electrons. The van der Waals surface area contributed by atoms with Crippen molar-refractivity contribution < 1.29 is 14.3 Å². The van der Waals surface area contributed by atoms with Crippen LogP contribution >= 0.6 is 0 Å². The minimum absolute atomic E-state index is 0.0309. The number of anilines is 1. The van der Waals surface area contributed by atoms with Crippen molar-refractivity contribution in [2.24, 2.45) is 5.92 Å². The summed E-state index contributed by atoms with van der Waals surface area (Å²) in [7, 11) is 0. The van der Waals surface area contributed by atoms with Crippen LogP contribution in [0.15, 0.2) is 18.3 Å². The number of pyridine rings is 1. The smallest absolute Gasteiger partial charge is 0.341 e. The first-order valence-corrected chi connectivity index (χ1v) is 8.20. The Bertz CT molecular complexity index is 552. The Hall–Kier alpha value is -2.11. The molecule has 23 heavy (non-hydrogen) atoms. The zero-order chi connectivity index (χ0) is 16.8. The van der Waals surface area contributed by atoms with Crippen molar-refractivity contribution in [1.29, 1.82) is 0 Å². The van der Waals surface area contributed by atoms with Gasteiger partial charge in [-0.2, -0.15) is 0 Å². The highest BCUT2D eigenvalue weighted by Gasteiger charge is 2.28. The molecule has 0 aromatic carbocycles. The normalized spacial score (nSPS) is 15.6. The van der Waals surface area contributed by atoms with Crippen LogP contribution in [-0.4, -0.2) is 42.6 Å². The van der Waals surface area contributed by atoms with Crippen LogP contribution in [-0.2, 0) is 9.53 Å². The second-order valence-corrected chi connectivity index (χ2v) is 6.02. The number of rotatable bonds is 5. The number of carbonyl (C=O) groups is 2. The first kappa shape index (κ1) is 17.2. The quantitative estimate of drug-likeness (QED) is 0.841. The molecule has 2 rings (SSSR count). The first-order valence-electron chi connectivity index (χ1n) is 8.20. The van der Waals surface area contributed by atoms with Gasteiger partial charge in [0.25, 0.3) is 0 Å². The van der Waals surface area contributed by atoms with E-state index >= 15 is 0 Å². The molecule has 0 spiro atoms. The number of amides is 1. The molecule has 6 nitrogen and oxygen atoms in total. The highest BCUT2D eigenvalue weighted by molar-refractivity contribution is 5.94. The molecule has 1 fully saturated rings. The summed E-state index contributed by atoms with van der Waals surface area (Å²) in [5.41, 5.74) is 0.486. The van der Waals surface area contributed by atoms with Crippen molar-refractivity contribution >= 4 is 17.7 Å². The molecule has 1 aliphatic heterocycles. The highest BCUT2D eigenvalue weighted by Crippen LogP contribution is 2.25. The van der Waals surface area contributed by atoms with Crippen molar-refractivity contribution in [1.82, 2.24) is 10.3 Å². The number of nitrogens with one attached hydrogen (secondary N) is 1. The number of aromatic nitrogens is 1. The summed E-state index contributed by atoms with van der Waals surface area (Å²) in [5, 5.41) is 2.97. The molecule has 1 aromatic heterocycles. The summed E-state index contributed by atoms with van der Waals surface area (Å²) in [6.07, 6.45) is 3.20. The molecule has 0 saturated carbocycles. The summed E-state index contributed by atoms with van der Waals surface area (Å²) in [5.74, 6) is 0.443. The second kappa shape index (κ2) is 7.94. The lowest BCUT2D eigenvalue weighted by Crippen LogP contribution is -2.43. The van der Waals surface area contributed by atoms with Crippen LogP contribution in [0.2, 0.25) is 0 Å². The summed E-state index contributed by atoms with van der Waals surface area (Å²) in [6.45, 7) is 7.47. The molecule has 1 saturated heterocycles. The fourth-order valence-corrected chi connectivity index (χ4v) is 2.77. The number of piperidine rings is 1. The number of hydrogen-bond acceptors (Lipinski definition) is 5. The van der Waals surface area contributed by atoms with Gasteiger partial charge in [-0.25, -0.2) is 9.78 Å². The van der Waals surface area contributed by atoms with E-state index in [4.69, 9.17) is 4.74 Å². The van der Waals surface area contributed by atoms with Gasteiger partial charge in [0.1, 0.15) is 11.4 Å². The van der Waals surface area contributed by atoms with Gasteiger partial charge >= 0.3 is 5.97 Å². The van der Waals surface area contributed by atoms with Crippen LogP contribution in [0.1, 0.15) is 44.0 Å². The molecule has 0 unspecified atom stereocenters. The third-order valence-electron chi connectivity index (χ3n) is 3.88. The average Bonchev–Trinajstić information content (AvgIpc) is 2.54. The van der Waals surface area contributed by atoms with E-state index in [9.17, 15) is 9.59 Å². The molecule has 126 valence electrons. The second-order valence-electron chi connectivity index (χ2n) is 6.02. The SMILES string of the molecule is CCOC(=O)c1cccnc1N1CCC(C(=O)NC(C)C)CC1. The lowest BCUT2D eigenvalue weighted by atomic mass is 9.95. The number of ether oxygens (including phenoxy) is 1.